The van der Waals surface area contributed by atoms with Crippen LogP contribution in [-0.2, 0) is 70.3 Å². The second-order valence-electron chi connectivity index (χ2n) is 30.9. The highest BCUT2D eigenvalue weighted by atomic mass is 79.9. The number of aromatic hydroxyl groups is 5. The number of alkyl halides is 1. The van der Waals surface area contributed by atoms with E-state index in [-0.39, 0.29) is 121 Å². The van der Waals surface area contributed by atoms with Gasteiger partial charge >= 0.3 is 60.8 Å². The largest absolute Gasteiger partial charge is 0.508 e. The number of carboxylic acid groups (broad SMARTS) is 3. The molecule has 144 heavy (non-hydrogen) atoms. The quantitative estimate of drug-likeness (QED) is 0.00379. The Bertz CT molecular complexity index is 6140. The summed E-state index contributed by atoms with van der Waals surface area (Å²) < 4.78 is 51.9. The van der Waals surface area contributed by atoms with Crippen molar-refractivity contribution < 1.29 is 148 Å². The highest BCUT2D eigenvalue weighted by Gasteiger charge is 2.20. The molecule has 12 aromatic rings. The van der Waals surface area contributed by atoms with E-state index in [0.29, 0.717) is 63.3 Å². The predicted molar refractivity (Wildman–Crippen MR) is 558 cm³/mol. The van der Waals surface area contributed by atoms with Gasteiger partial charge in [0, 0.05) is 33.5 Å². The Labute approximate surface area is 854 Å². The van der Waals surface area contributed by atoms with E-state index in [1.165, 1.54) is 87.0 Å². The highest BCUT2D eigenvalue weighted by Crippen LogP contribution is 2.33. The van der Waals surface area contributed by atoms with Crippen LogP contribution in [-0.4, -0.2) is 195 Å². The molecule has 1 heterocycles. The maximum Gasteiger partial charge on any atom is 0.488 e. The number of esters is 6. The first-order chi connectivity index (χ1) is 68.1. The molecule has 1 fully saturated rings. The van der Waals surface area contributed by atoms with Gasteiger partial charge in [0.05, 0.1) is 87.3 Å². The minimum Gasteiger partial charge on any atom is -0.508 e. The van der Waals surface area contributed by atoms with E-state index in [2.05, 4.69) is 70.3 Å². The number of halogens is 2. The van der Waals surface area contributed by atoms with Crippen LogP contribution in [0.2, 0.25) is 0 Å². The maximum absolute atomic E-state index is 12.6. The number of carbonyl (C=O) groups is 9. The smallest absolute Gasteiger partial charge is 0.488 e. The molecule has 0 atom stereocenters. The summed E-state index contributed by atoms with van der Waals surface area (Å²) in [5.74, 6) is -6.22. The summed E-state index contributed by atoms with van der Waals surface area (Å²) in [6, 6.07) is 77.5. The topological polar surface area (TPSA) is 468 Å². The number of aryl methyl sites for hydroxylation is 3. The van der Waals surface area contributed by atoms with Crippen LogP contribution in [0.4, 0.5) is 0 Å². The van der Waals surface area contributed by atoms with Crippen molar-refractivity contribution in [1.29, 1.82) is 0 Å². The molecule has 0 spiro atoms. The molecule has 760 valence electrons. The van der Waals surface area contributed by atoms with Crippen LogP contribution >= 0.6 is 31.9 Å². The number of phenols is 5. The van der Waals surface area contributed by atoms with Gasteiger partial charge in [0.1, 0.15) is 66.7 Å². The van der Waals surface area contributed by atoms with Gasteiger partial charge in [-0.3, -0.25) is 0 Å². The first-order valence-corrected chi connectivity index (χ1v) is 45.7. The van der Waals surface area contributed by atoms with E-state index in [4.69, 9.17) is 82.9 Å². The summed E-state index contributed by atoms with van der Waals surface area (Å²) in [4.78, 5) is 103. The zero-order valence-corrected chi connectivity index (χ0v) is 82.9. The molecule has 33 heteroatoms. The predicted octanol–water partition coefficient (Wildman–Crippen LogP) is 20.0. The van der Waals surface area contributed by atoms with Crippen molar-refractivity contribution in [3.63, 3.8) is 0 Å². The Balaban J connectivity index is 0.000000441. The van der Waals surface area contributed by atoms with Crippen LogP contribution in [0.5, 0.6) is 40.2 Å². The van der Waals surface area contributed by atoms with Crippen molar-refractivity contribution in [3.8, 4) is 84.8 Å². The molecule has 13 rings (SSSR count). The van der Waals surface area contributed by atoms with Crippen molar-refractivity contribution in [1.82, 2.24) is 0 Å². The maximum atomic E-state index is 12.6. The van der Waals surface area contributed by atoms with Crippen LogP contribution < -0.4 is 14.9 Å². The molecular weight excluding hydrogens is 1980 g/mol. The van der Waals surface area contributed by atoms with Gasteiger partial charge in [-0.1, -0.05) is 240 Å². The molecule has 0 aromatic heterocycles. The summed E-state index contributed by atoms with van der Waals surface area (Å²) in [6.45, 7) is 30.5. The number of aliphatic hydroxyl groups is 1. The molecule has 11 N–H and O–H groups in total. The van der Waals surface area contributed by atoms with Crippen molar-refractivity contribution in [2.24, 2.45) is 0 Å². The van der Waals surface area contributed by atoms with Crippen LogP contribution in [0, 0.1) is 20.8 Å². The molecule has 1 aliphatic heterocycles. The lowest BCUT2D eigenvalue weighted by Crippen LogP contribution is -2.29. The van der Waals surface area contributed by atoms with Crippen LogP contribution in [0.3, 0.4) is 0 Å². The molecule has 0 unspecified atom stereocenters. The van der Waals surface area contributed by atoms with Crippen molar-refractivity contribution in [3.05, 3.63) is 382 Å². The molecule has 0 bridgehead atoms. The highest BCUT2D eigenvalue weighted by molar-refractivity contribution is 9.10. The number of ether oxygens (including phenoxy) is 10. The lowest BCUT2D eigenvalue weighted by atomic mass is 9.80. The number of carbonyl (C=O) groups excluding carboxylic acids is 6. The molecule has 1 aliphatic rings. The third-order valence-electron chi connectivity index (χ3n) is 18.6. The lowest BCUT2D eigenvalue weighted by molar-refractivity contribution is -0.140. The summed E-state index contributed by atoms with van der Waals surface area (Å²) in [7, 11) is -1.35. The fraction of sp³-hybridized carbons (Fsp3) is 0.198. The van der Waals surface area contributed by atoms with Gasteiger partial charge in [-0.15, -0.1) is 0 Å². The Morgan fingerprint density at radius 1 is 0.354 bits per heavy atom. The Morgan fingerprint density at radius 2 is 0.681 bits per heavy atom. The van der Waals surface area contributed by atoms with Gasteiger partial charge in [0.25, 0.3) is 0 Å². The first kappa shape index (κ1) is 121. The SMILES string of the molecule is BrCCOCc1ccccc1.C.C1COCCO1.C=C(C)C(=O)O.C=C(C)C(=O)OCCOC(=O)c1cc(OC(=O)C(=C)C)cc(-c2ccc(OC(=O)C(=C)C)cc2)c1.Cc1ccc(-c2cc(O)cc(C(=O)O)c2)cc1.Cc1ccc(-c2cc(O)cc(C(=O)OCCOCc3ccccc3)c2)cc1.Cc1ccc(B(O)O)cc1.O=C(O)c1cc(O)cc(Br)c1.O=C(OCCO)c1cc(O)cc(-c2ccc(O)cc2)c1.[HH]. The lowest BCUT2D eigenvalue weighted by Gasteiger charge is -2.12. The number of aliphatic hydroxyl groups excluding tert-OH is 1. The Hall–Kier alpha value is -15.4. The zero-order valence-electron chi connectivity index (χ0n) is 79.7. The monoisotopic (exact) mass is 2100 g/mol. The molecule has 12 aromatic carbocycles. The van der Waals surface area contributed by atoms with E-state index in [1.807, 2.05) is 130 Å². The molecule has 0 amide bonds. The molecule has 1 saturated heterocycles. The minimum absolute atomic E-state index is 0. The average molecular weight is 2100 g/mol. The van der Waals surface area contributed by atoms with Gasteiger partial charge in [-0.2, -0.15) is 0 Å². The minimum atomic E-state index is -1.35. The summed E-state index contributed by atoms with van der Waals surface area (Å²) >= 11 is 6.36. The number of hydrogen-bond acceptors (Lipinski definition) is 27. The van der Waals surface area contributed by atoms with Gasteiger partial charge in [0.2, 0.25) is 0 Å². The molecule has 0 aliphatic carbocycles. The van der Waals surface area contributed by atoms with Gasteiger partial charge in [0.15, 0.2) is 0 Å². The van der Waals surface area contributed by atoms with Gasteiger partial charge < -0.3 is 103 Å². The molecule has 0 radical (unpaired) electrons. The number of hydrogen-bond donors (Lipinski definition) is 11. The van der Waals surface area contributed by atoms with Crippen molar-refractivity contribution in [2.75, 3.05) is 78.0 Å². The standard InChI is InChI=1S/C27H26O8.C23H22O4.C15H14O5.C14H12O3.C9H11BrO.C7H9BO2.C7H5BrO3.C4H8O2.C4H6O2.CH4.H2/c1-16(2)24(28)32-11-12-33-27(31)21-13-20(14-23(15-21)35-26(30)18(5)6)19-7-9-22(10-8-19)34-25(29)17(3)4;1-17-7-9-19(10-8-17)20-13-21(15-22(24)14-20)23(25)27-12-11-26-16-18-5-3-2-4-6-18;16-5-6-20-15(19)12-7-11(8-14(18)9-12)10-1-3-13(17)4-2-10;1-9-2-4-10(5-3-9)11-6-12(14(16)17)8-13(15)7-11;10-6-7-11-8-9-4-2-1-3-5-9;1-6-2-4-7(5-3-6)8(9)10;8-5-1-4(7(10)11)2-6(9)3-5;1-2-6-4-3-5-1;1-3(2)4(5)6;;/h7-10,13-15H,1,3,5,11-12H2,2,4,6H3;2-10,13-15,24H,11-12,16H2,1H3;1-4,7-9,16-18H,5-6H2;2-8,15H,1H3,(H,16,17);1-5H,6-8H2;2-5,9-10H,1H3;1-3,9H,(H,10,11);1-4H2;1H2,2H3,(H,5,6);1H4;1H. The number of carboxylic acids is 3. The van der Waals surface area contributed by atoms with Crippen LogP contribution in [0.25, 0.3) is 44.5 Å². The number of benzene rings is 12. The van der Waals surface area contributed by atoms with Crippen LogP contribution in [0.1, 0.15) is 116 Å². The second kappa shape index (κ2) is 65.6. The summed E-state index contributed by atoms with van der Waals surface area (Å²) in [5.41, 5.74) is 13.7. The summed E-state index contributed by atoms with van der Waals surface area (Å²) in [6.07, 6.45) is 0. The van der Waals surface area contributed by atoms with Gasteiger partial charge in [-0.25, -0.2) is 43.2 Å². The molecule has 30 nitrogen and oxygen atoms in total. The fourth-order valence-electron chi connectivity index (χ4n) is 11.3. The number of aliphatic carboxylic acids is 1. The number of aromatic carboxylic acids is 2. The van der Waals surface area contributed by atoms with Gasteiger partial charge in [-0.05, 0) is 225 Å². The van der Waals surface area contributed by atoms with E-state index in [0.717, 1.165) is 82.9 Å². The number of phenolic OH excluding ortho intramolecular Hbond substituents is 5. The Kier molecular flexibility index (Phi) is 55.0. The molecular formula is C111H119BBr2O30. The van der Waals surface area contributed by atoms with Crippen LogP contribution in [0.15, 0.2) is 326 Å². The van der Waals surface area contributed by atoms with E-state index < -0.39 is 60.8 Å². The summed E-state index contributed by atoms with van der Waals surface area (Å²) in [5, 5.41) is 99.5. The average Bonchev–Trinajstić information content (AvgIpc) is 0.885. The van der Waals surface area contributed by atoms with E-state index >= 15 is 0 Å². The van der Waals surface area contributed by atoms with Crippen molar-refractivity contribution in [2.45, 2.75) is 69.1 Å². The first-order valence-electron chi connectivity index (χ1n) is 43.8. The Morgan fingerprint density at radius 3 is 1.05 bits per heavy atom. The van der Waals surface area contributed by atoms with E-state index in [9.17, 15) is 63.6 Å². The zero-order chi connectivity index (χ0) is 105. The third kappa shape index (κ3) is 47.7. The number of rotatable bonds is 30. The van der Waals surface area contributed by atoms with E-state index in [1.54, 1.807) is 97.9 Å². The van der Waals surface area contributed by atoms with Crippen molar-refractivity contribution >= 4 is 98.2 Å². The second-order valence-corrected chi connectivity index (χ2v) is 32.6. The fourth-order valence-corrected chi connectivity index (χ4v) is 12.0. The normalized spacial score (nSPS) is 10.5. The molecule has 0 saturated carbocycles. The third-order valence-corrected chi connectivity index (χ3v) is 19.4.